The summed E-state index contributed by atoms with van der Waals surface area (Å²) in [6, 6.07) is 11.6. The second-order valence-corrected chi connectivity index (χ2v) is 8.50. The summed E-state index contributed by atoms with van der Waals surface area (Å²) in [7, 11) is -3.71. The third-order valence-corrected chi connectivity index (χ3v) is 5.27. The molecule has 2 aromatic carbocycles. The summed E-state index contributed by atoms with van der Waals surface area (Å²) >= 11 is 0. The highest BCUT2D eigenvalue weighted by Gasteiger charge is 2.18. The fraction of sp³-hybridized carbons (Fsp3) is 0.350. The summed E-state index contributed by atoms with van der Waals surface area (Å²) in [5.41, 5.74) is 2.36. The number of amides is 1. The average Bonchev–Trinajstić information content (AvgIpc) is 2.57. The molecule has 0 fully saturated rings. The topological polar surface area (TPSA) is 84.5 Å². The van der Waals surface area contributed by atoms with Crippen molar-refractivity contribution in [2.24, 2.45) is 0 Å². The highest BCUT2D eigenvalue weighted by Crippen LogP contribution is 2.23. The number of rotatable bonds is 7. The largest absolute Gasteiger partial charge is 0.481 e. The third-order valence-electron chi connectivity index (χ3n) is 3.88. The van der Waals surface area contributed by atoms with Crippen molar-refractivity contribution in [3.05, 3.63) is 53.6 Å². The molecule has 0 bridgehead atoms. The normalized spacial score (nSPS) is 12.5. The number of nitrogens with one attached hydrogen (secondary N) is 2. The Hall–Kier alpha value is -2.54. The number of aryl methyl sites for hydroxylation is 2. The molecule has 0 aliphatic heterocycles. The smallest absolute Gasteiger partial charge is 0.261 e. The van der Waals surface area contributed by atoms with Crippen molar-refractivity contribution in [1.82, 2.24) is 5.32 Å². The first-order valence-corrected chi connectivity index (χ1v) is 10.2. The molecule has 0 aliphatic carbocycles. The molecule has 1 atom stereocenters. The van der Waals surface area contributed by atoms with E-state index in [0.29, 0.717) is 11.4 Å². The van der Waals surface area contributed by atoms with Crippen LogP contribution in [0.2, 0.25) is 0 Å². The summed E-state index contributed by atoms with van der Waals surface area (Å²) < 4.78 is 33.4. The van der Waals surface area contributed by atoms with Gasteiger partial charge >= 0.3 is 0 Å². The van der Waals surface area contributed by atoms with Crippen molar-refractivity contribution in [2.45, 2.75) is 51.7 Å². The van der Waals surface area contributed by atoms with Crippen molar-refractivity contribution in [2.75, 3.05) is 4.72 Å². The number of sulfonamides is 1. The number of hydrogen-bond donors (Lipinski definition) is 2. The Balaban J connectivity index is 2.11. The summed E-state index contributed by atoms with van der Waals surface area (Å²) in [5, 5.41) is 2.77. The maximum atomic E-state index is 12.6. The quantitative estimate of drug-likeness (QED) is 0.759. The van der Waals surface area contributed by atoms with Gasteiger partial charge in [-0.15, -0.1) is 0 Å². The van der Waals surface area contributed by atoms with Crippen molar-refractivity contribution < 1.29 is 17.9 Å². The Morgan fingerprint density at radius 3 is 2.22 bits per heavy atom. The molecular weight excluding hydrogens is 364 g/mol. The van der Waals surface area contributed by atoms with Crippen molar-refractivity contribution in [1.29, 1.82) is 0 Å². The van der Waals surface area contributed by atoms with Crippen LogP contribution in [0, 0.1) is 13.8 Å². The molecule has 1 amide bonds. The number of hydrogen-bond acceptors (Lipinski definition) is 4. The maximum absolute atomic E-state index is 12.6. The molecule has 0 heterocycles. The molecule has 7 heteroatoms. The molecule has 0 aliphatic rings. The van der Waals surface area contributed by atoms with Gasteiger partial charge in [0.15, 0.2) is 6.10 Å². The van der Waals surface area contributed by atoms with E-state index < -0.39 is 16.1 Å². The monoisotopic (exact) mass is 390 g/mol. The highest BCUT2D eigenvalue weighted by atomic mass is 32.2. The van der Waals surface area contributed by atoms with E-state index in [0.717, 1.165) is 11.1 Å². The van der Waals surface area contributed by atoms with E-state index in [1.807, 2.05) is 39.8 Å². The molecule has 146 valence electrons. The summed E-state index contributed by atoms with van der Waals surface area (Å²) in [4.78, 5) is 12.0. The molecule has 0 saturated carbocycles. The molecule has 2 rings (SSSR count). The van der Waals surface area contributed by atoms with Gasteiger partial charge in [-0.25, -0.2) is 8.42 Å². The van der Waals surface area contributed by atoms with Crippen LogP contribution in [0.5, 0.6) is 5.75 Å². The number of ether oxygens (including phenoxy) is 1. The molecule has 2 aromatic rings. The SMILES string of the molecule is Cc1ccc(C)c(NS(=O)(=O)c2ccc(O[C@H](C)C(=O)NC(C)C)cc2)c1. The van der Waals surface area contributed by atoms with Crippen molar-refractivity contribution >= 4 is 21.6 Å². The van der Waals surface area contributed by atoms with E-state index >= 15 is 0 Å². The Morgan fingerprint density at radius 2 is 1.63 bits per heavy atom. The van der Waals surface area contributed by atoms with E-state index in [-0.39, 0.29) is 16.8 Å². The molecule has 0 radical (unpaired) electrons. The second kappa shape index (κ2) is 8.43. The number of anilines is 1. The van der Waals surface area contributed by atoms with Gasteiger partial charge in [-0.1, -0.05) is 12.1 Å². The van der Waals surface area contributed by atoms with Crippen LogP contribution in [0.4, 0.5) is 5.69 Å². The molecular formula is C20H26N2O4S. The van der Waals surface area contributed by atoms with Gasteiger partial charge in [0.2, 0.25) is 0 Å². The van der Waals surface area contributed by atoms with E-state index in [9.17, 15) is 13.2 Å². The Morgan fingerprint density at radius 1 is 1.00 bits per heavy atom. The lowest BCUT2D eigenvalue weighted by Crippen LogP contribution is -2.40. The maximum Gasteiger partial charge on any atom is 0.261 e. The van der Waals surface area contributed by atoms with Gasteiger partial charge in [0.05, 0.1) is 10.6 Å². The first kappa shape index (κ1) is 20.8. The van der Waals surface area contributed by atoms with Gasteiger partial charge in [0.25, 0.3) is 15.9 Å². The zero-order chi connectivity index (χ0) is 20.2. The van der Waals surface area contributed by atoms with Crippen molar-refractivity contribution in [3.8, 4) is 5.75 Å². The molecule has 0 saturated heterocycles. The van der Waals surface area contributed by atoms with Gasteiger partial charge in [0, 0.05) is 6.04 Å². The average molecular weight is 391 g/mol. The zero-order valence-electron chi connectivity index (χ0n) is 16.2. The van der Waals surface area contributed by atoms with Crippen LogP contribution in [0.25, 0.3) is 0 Å². The van der Waals surface area contributed by atoms with Gasteiger partial charge < -0.3 is 10.1 Å². The lowest BCUT2D eigenvalue weighted by Gasteiger charge is -2.17. The summed E-state index contributed by atoms with van der Waals surface area (Å²) in [6.07, 6.45) is -0.678. The first-order valence-electron chi connectivity index (χ1n) is 8.75. The standard InChI is InChI=1S/C20H26N2O4S/c1-13(2)21-20(23)16(5)26-17-8-10-18(11-9-17)27(24,25)22-19-12-14(3)6-7-15(19)4/h6-13,16,22H,1-5H3,(H,21,23)/t16-/m1/s1. The minimum atomic E-state index is -3.71. The van der Waals surface area contributed by atoms with Crippen LogP contribution in [0.1, 0.15) is 31.9 Å². The van der Waals surface area contributed by atoms with Crippen LogP contribution in [0.3, 0.4) is 0 Å². The Bertz CT molecular complexity index is 906. The summed E-state index contributed by atoms with van der Waals surface area (Å²) in [6.45, 7) is 9.13. The highest BCUT2D eigenvalue weighted by molar-refractivity contribution is 7.92. The molecule has 6 nitrogen and oxygen atoms in total. The number of carbonyl (C=O) groups excluding carboxylic acids is 1. The van der Waals surface area contributed by atoms with Crippen LogP contribution < -0.4 is 14.8 Å². The molecule has 2 N–H and O–H groups in total. The second-order valence-electron chi connectivity index (χ2n) is 6.82. The minimum Gasteiger partial charge on any atom is -0.481 e. The van der Waals surface area contributed by atoms with Gasteiger partial charge in [-0.05, 0) is 76.1 Å². The van der Waals surface area contributed by atoms with Gasteiger partial charge in [-0.2, -0.15) is 0 Å². The molecule has 0 aromatic heterocycles. The number of carbonyl (C=O) groups is 1. The lowest BCUT2D eigenvalue weighted by molar-refractivity contribution is -0.127. The first-order chi connectivity index (χ1) is 12.6. The fourth-order valence-electron chi connectivity index (χ4n) is 2.41. The van der Waals surface area contributed by atoms with Gasteiger partial charge in [0.1, 0.15) is 5.75 Å². The molecule has 0 unspecified atom stereocenters. The van der Waals surface area contributed by atoms with E-state index in [2.05, 4.69) is 10.0 Å². The molecule has 0 spiro atoms. The third kappa shape index (κ3) is 5.72. The Kier molecular flexibility index (Phi) is 6.49. The lowest BCUT2D eigenvalue weighted by atomic mass is 10.1. The summed E-state index contributed by atoms with van der Waals surface area (Å²) in [5.74, 6) is 0.199. The number of benzene rings is 2. The fourth-order valence-corrected chi connectivity index (χ4v) is 3.53. The van der Waals surface area contributed by atoms with Crippen LogP contribution in [-0.2, 0) is 14.8 Å². The van der Waals surface area contributed by atoms with Crippen molar-refractivity contribution in [3.63, 3.8) is 0 Å². The van der Waals surface area contributed by atoms with E-state index in [1.54, 1.807) is 13.0 Å². The Labute approximate surface area is 161 Å². The van der Waals surface area contributed by atoms with Crippen LogP contribution in [-0.4, -0.2) is 26.5 Å². The van der Waals surface area contributed by atoms with Gasteiger partial charge in [-0.3, -0.25) is 9.52 Å². The minimum absolute atomic E-state index is 0.0206. The zero-order valence-corrected chi connectivity index (χ0v) is 17.1. The molecule has 27 heavy (non-hydrogen) atoms. The van der Waals surface area contributed by atoms with E-state index in [1.165, 1.54) is 24.3 Å². The predicted molar refractivity (Wildman–Crippen MR) is 107 cm³/mol. The predicted octanol–water partition coefficient (Wildman–Crippen LogP) is 3.40. The van der Waals surface area contributed by atoms with Crippen LogP contribution in [0.15, 0.2) is 47.4 Å². The van der Waals surface area contributed by atoms with E-state index in [4.69, 9.17) is 4.74 Å². The van der Waals surface area contributed by atoms with Crippen LogP contribution >= 0.6 is 0 Å².